The van der Waals surface area contributed by atoms with Crippen molar-refractivity contribution < 1.29 is 14.4 Å². The van der Waals surface area contributed by atoms with E-state index in [1.165, 1.54) is 12.8 Å². The fourth-order valence-electron chi connectivity index (χ4n) is 4.76. The van der Waals surface area contributed by atoms with E-state index in [9.17, 15) is 14.4 Å². The van der Waals surface area contributed by atoms with Crippen molar-refractivity contribution in [2.75, 3.05) is 0 Å². The van der Waals surface area contributed by atoms with Crippen LogP contribution in [0.25, 0.3) is 0 Å². The first-order valence-corrected chi connectivity index (χ1v) is 22.4. The van der Waals surface area contributed by atoms with E-state index in [2.05, 4.69) is 0 Å². The predicted molar refractivity (Wildman–Crippen MR) is 104 cm³/mol. The Kier molecular flexibility index (Phi) is 6.97. The van der Waals surface area contributed by atoms with Gasteiger partial charge in [0, 0.05) is 0 Å². The van der Waals surface area contributed by atoms with Crippen LogP contribution < -0.4 is 0 Å². The second kappa shape index (κ2) is 8.19. The van der Waals surface area contributed by atoms with Crippen molar-refractivity contribution in [2.45, 2.75) is 87.2 Å². The van der Waals surface area contributed by atoms with E-state index >= 15 is 0 Å². The molecule has 2 saturated carbocycles. The van der Waals surface area contributed by atoms with Gasteiger partial charge in [-0.1, -0.05) is 0 Å². The molecule has 0 aromatic carbocycles. The van der Waals surface area contributed by atoms with Crippen LogP contribution in [0.1, 0.15) is 64.2 Å². The molecule has 2 rings (SSSR count). The summed E-state index contributed by atoms with van der Waals surface area (Å²) < 4.78 is 0.769. The van der Waals surface area contributed by atoms with Crippen LogP contribution in [-0.4, -0.2) is 39.2 Å². The zero-order valence-electron chi connectivity index (χ0n) is 16.0. The van der Waals surface area contributed by atoms with E-state index in [1.54, 1.807) is 0 Å². The predicted octanol–water partition coefficient (Wildman–Crippen LogP) is 5.06. The van der Waals surface area contributed by atoms with Crippen LogP contribution in [-0.2, 0) is 9.59 Å². The maximum absolute atomic E-state index is 13.4. The van der Waals surface area contributed by atoms with Crippen molar-refractivity contribution in [1.29, 1.82) is 0 Å². The molecule has 0 atom stereocenters. The molecular weight excluding hydrogens is 421 g/mol. The third kappa shape index (κ3) is 4.25. The van der Waals surface area contributed by atoms with Gasteiger partial charge in [0.15, 0.2) is 0 Å². The van der Waals surface area contributed by atoms with Gasteiger partial charge in [0.1, 0.15) is 0 Å². The summed E-state index contributed by atoms with van der Waals surface area (Å²) in [6.07, 6.45) is 10.8. The average molecular weight is 456 g/mol. The molecule has 136 valence electrons. The Balaban J connectivity index is 2.13. The molecule has 0 bridgehead atoms. The molecule has 0 aromatic heterocycles. The van der Waals surface area contributed by atoms with Crippen LogP contribution in [0.15, 0.2) is 0 Å². The van der Waals surface area contributed by atoms with E-state index in [0.717, 1.165) is 51.4 Å². The van der Waals surface area contributed by atoms with E-state index in [-0.39, 0.29) is 24.5 Å². The molecule has 0 aliphatic heterocycles. The van der Waals surface area contributed by atoms with Gasteiger partial charge in [-0.3, -0.25) is 0 Å². The number of hydrogen-bond donors (Lipinski definition) is 0. The van der Waals surface area contributed by atoms with Gasteiger partial charge in [-0.2, -0.15) is 0 Å². The van der Waals surface area contributed by atoms with Crippen LogP contribution in [0.3, 0.4) is 0 Å². The zero-order chi connectivity index (χ0) is 18.0. The Hall–Kier alpha value is 0.0957. The fourth-order valence-corrected chi connectivity index (χ4v) is 34.2. The van der Waals surface area contributed by atoms with E-state index in [4.69, 9.17) is 0 Å². The first-order valence-electron chi connectivity index (χ1n) is 9.82. The molecule has 24 heavy (non-hydrogen) atoms. The molecule has 0 amide bonds. The molecular formula is C19H34Ge2O3. The molecule has 0 unspecified atom stereocenters. The minimum absolute atomic E-state index is 0.112. The molecule has 0 aromatic rings. The second-order valence-electron chi connectivity index (χ2n) is 8.98. The maximum atomic E-state index is 13.4. The Morgan fingerprint density at radius 2 is 0.875 bits per heavy atom. The van der Waals surface area contributed by atoms with Gasteiger partial charge in [0.25, 0.3) is 0 Å². The van der Waals surface area contributed by atoms with E-state index in [1.807, 2.05) is 23.0 Å². The summed E-state index contributed by atoms with van der Waals surface area (Å²) in [4.78, 5) is 39.6. The summed E-state index contributed by atoms with van der Waals surface area (Å²) in [6.45, 7) is 0. The van der Waals surface area contributed by atoms with Crippen LogP contribution >= 0.6 is 0 Å². The van der Waals surface area contributed by atoms with Crippen molar-refractivity contribution in [1.82, 2.24) is 0 Å². The van der Waals surface area contributed by atoms with Gasteiger partial charge in [-0.15, -0.1) is 0 Å². The van der Waals surface area contributed by atoms with Gasteiger partial charge < -0.3 is 0 Å². The van der Waals surface area contributed by atoms with Gasteiger partial charge >= 0.3 is 153 Å². The second-order valence-corrected chi connectivity index (χ2v) is 28.8. The summed E-state index contributed by atoms with van der Waals surface area (Å²) >= 11 is -6.54. The van der Waals surface area contributed by atoms with Crippen LogP contribution in [0, 0.1) is 11.8 Å². The normalized spacial score (nSPS) is 21.5. The number of hydrogen-bond acceptors (Lipinski definition) is 3. The van der Waals surface area contributed by atoms with E-state index < -0.39 is 26.5 Å². The Morgan fingerprint density at radius 1 is 0.583 bits per heavy atom. The molecule has 2 fully saturated rings. The molecule has 0 spiro atoms. The van der Waals surface area contributed by atoms with Crippen molar-refractivity contribution in [3.8, 4) is 0 Å². The number of rotatable bonds is 6. The van der Waals surface area contributed by atoms with Crippen LogP contribution in [0.5, 0.6) is 0 Å². The molecule has 0 N–H and O–H groups in total. The zero-order valence-corrected chi connectivity index (χ0v) is 20.1. The summed E-state index contributed by atoms with van der Waals surface area (Å²) in [5.41, 5.74) is 0. The SMILES string of the molecule is [CH3][Ge]([CH3])([C](=O)C1CCCCC1)[C](=O)[Ge]([CH3])([CH3])[C](=O)C1CCCCC1. The van der Waals surface area contributed by atoms with Crippen molar-refractivity contribution in [3.63, 3.8) is 0 Å². The number of carbonyl (C=O) groups is 3. The topological polar surface area (TPSA) is 51.2 Å². The molecule has 2 aliphatic rings. The van der Waals surface area contributed by atoms with E-state index in [0.29, 0.717) is 0 Å². The quantitative estimate of drug-likeness (QED) is 0.526. The first-order chi connectivity index (χ1) is 11.2. The molecule has 0 radical (unpaired) electrons. The van der Waals surface area contributed by atoms with Gasteiger partial charge in [-0.05, 0) is 0 Å². The molecule has 2 aliphatic carbocycles. The van der Waals surface area contributed by atoms with Gasteiger partial charge in [-0.25, -0.2) is 0 Å². The Bertz CT molecular complexity index is 455. The van der Waals surface area contributed by atoms with Gasteiger partial charge in [0.2, 0.25) is 0 Å². The van der Waals surface area contributed by atoms with Crippen molar-refractivity contribution >= 4 is 39.2 Å². The Morgan fingerprint density at radius 3 is 1.17 bits per heavy atom. The van der Waals surface area contributed by atoms with Crippen LogP contribution in [0.4, 0.5) is 4.79 Å². The van der Waals surface area contributed by atoms with Gasteiger partial charge in [0.05, 0.1) is 0 Å². The third-order valence-corrected chi connectivity index (χ3v) is 31.6. The monoisotopic (exact) mass is 458 g/mol. The minimum atomic E-state index is -3.27. The summed E-state index contributed by atoms with van der Waals surface area (Å²) in [7, 11) is 0. The Labute approximate surface area is 152 Å². The molecule has 3 nitrogen and oxygen atoms in total. The van der Waals surface area contributed by atoms with Crippen LogP contribution in [0.2, 0.25) is 23.0 Å². The number of carbonyl (C=O) groups excluding carboxylic acids is 3. The first kappa shape index (κ1) is 20.4. The van der Waals surface area contributed by atoms with Crippen molar-refractivity contribution in [2.24, 2.45) is 11.8 Å². The molecule has 5 heteroatoms. The standard InChI is InChI=1S/C19H34Ge2O3/c1-20(2,17(22)15-11-7-5-8-12-15)19(24)21(3,4)18(23)16-13-9-6-10-14-16/h15-16H,5-14H2,1-4H3. The fraction of sp³-hybridized carbons (Fsp3) is 0.842. The molecule has 0 heterocycles. The average Bonchev–Trinajstić information content (AvgIpc) is 2.61. The summed E-state index contributed by atoms with van der Waals surface area (Å²) in [5.74, 6) is 8.11. The summed E-state index contributed by atoms with van der Waals surface area (Å²) in [5, 5.41) is 0. The van der Waals surface area contributed by atoms with Crippen molar-refractivity contribution in [3.05, 3.63) is 0 Å². The third-order valence-electron chi connectivity index (χ3n) is 6.32. The molecule has 0 saturated heterocycles. The summed E-state index contributed by atoms with van der Waals surface area (Å²) in [6, 6.07) is 0.